The van der Waals surface area contributed by atoms with Gasteiger partial charge in [0.25, 0.3) is 5.91 Å². The summed E-state index contributed by atoms with van der Waals surface area (Å²) in [5.74, 6) is -2.21. The van der Waals surface area contributed by atoms with Crippen molar-refractivity contribution in [2.24, 2.45) is 0 Å². The Balaban J connectivity index is 2.28. The molecule has 0 saturated heterocycles. The molecule has 3 nitrogen and oxygen atoms in total. The van der Waals surface area contributed by atoms with Gasteiger partial charge in [-0.05, 0) is 24.3 Å². The van der Waals surface area contributed by atoms with Crippen LogP contribution in [0, 0.1) is 11.6 Å². The lowest BCUT2D eigenvalue weighted by Crippen LogP contribution is -2.14. The van der Waals surface area contributed by atoms with Crippen molar-refractivity contribution in [2.45, 2.75) is 0 Å². The molecule has 0 aliphatic heterocycles. The van der Waals surface area contributed by atoms with Gasteiger partial charge in [0.15, 0.2) is 0 Å². The Morgan fingerprint density at radius 1 is 1.21 bits per heavy atom. The number of nitrogens with two attached hydrogens (primary N) is 1. The third-order valence-electron chi connectivity index (χ3n) is 2.45. The monoisotopic (exact) mass is 282 g/mol. The third-order valence-corrected chi connectivity index (χ3v) is 2.87. The van der Waals surface area contributed by atoms with Crippen LogP contribution < -0.4 is 11.1 Å². The second-order valence-electron chi connectivity index (χ2n) is 3.79. The van der Waals surface area contributed by atoms with Crippen molar-refractivity contribution in [2.75, 3.05) is 11.1 Å². The molecule has 0 bridgehead atoms. The number of rotatable bonds is 2. The van der Waals surface area contributed by atoms with E-state index in [4.69, 9.17) is 17.3 Å². The Kier molecular flexibility index (Phi) is 3.66. The summed E-state index contributed by atoms with van der Waals surface area (Å²) in [6.07, 6.45) is 0. The lowest BCUT2D eigenvalue weighted by molar-refractivity contribution is 0.102. The summed E-state index contributed by atoms with van der Waals surface area (Å²) >= 11 is 5.88. The molecule has 2 rings (SSSR count). The Morgan fingerprint density at radius 2 is 1.95 bits per heavy atom. The zero-order valence-electron chi connectivity index (χ0n) is 9.58. The normalized spacial score (nSPS) is 10.3. The largest absolute Gasteiger partial charge is 0.398 e. The molecule has 2 aromatic carbocycles. The van der Waals surface area contributed by atoms with Crippen LogP contribution in [0.4, 0.5) is 20.2 Å². The topological polar surface area (TPSA) is 55.1 Å². The van der Waals surface area contributed by atoms with E-state index in [9.17, 15) is 13.6 Å². The SMILES string of the molecule is Nc1cccc(C(=O)Nc2ccc(F)cc2F)c1Cl. The average molecular weight is 283 g/mol. The number of halogens is 3. The van der Waals surface area contributed by atoms with Gasteiger partial charge in [0.1, 0.15) is 11.6 Å². The number of anilines is 2. The average Bonchev–Trinajstić information content (AvgIpc) is 2.36. The fraction of sp³-hybridized carbons (Fsp3) is 0. The molecule has 6 heteroatoms. The van der Waals surface area contributed by atoms with Crippen molar-refractivity contribution < 1.29 is 13.6 Å². The summed E-state index contributed by atoms with van der Waals surface area (Å²) in [6.45, 7) is 0. The Labute approximate surface area is 113 Å². The first-order chi connectivity index (χ1) is 8.99. The number of nitrogens with one attached hydrogen (secondary N) is 1. The summed E-state index contributed by atoms with van der Waals surface area (Å²) in [6, 6.07) is 7.39. The van der Waals surface area contributed by atoms with Crippen molar-refractivity contribution in [1.29, 1.82) is 0 Å². The number of carbonyl (C=O) groups is 1. The molecule has 0 radical (unpaired) electrons. The molecule has 19 heavy (non-hydrogen) atoms. The molecule has 0 atom stereocenters. The predicted molar refractivity (Wildman–Crippen MR) is 70.2 cm³/mol. The highest BCUT2D eigenvalue weighted by atomic mass is 35.5. The van der Waals surface area contributed by atoms with Gasteiger partial charge in [0.05, 0.1) is 22.0 Å². The minimum Gasteiger partial charge on any atom is -0.398 e. The van der Waals surface area contributed by atoms with E-state index < -0.39 is 17.5 Å². The number of hydrogen-bond acceptors (Lipinski definition) is 2. The molecule has 0 unspecified atom stereocenters. The quantitative estimate of drug-likeness (QED) is 0.829. The summed E-state index contributed by atoms with van der Waals surface area (Å²) in [5, 5.41) is 2.39. The van der Waals surface area contributed by atoms with Gasteiger partial charge >= 0.3 is 0 Å². The fourth-order valence-corrected chi connectivity index (χ4v) is 1.72. The maximum Gasteiger partial charge on any atom is 0.257 e. The molecule has 0 aliphatic carbocycles. The van der Waals surface area contributed by atoms with Gasteiger partial charge in [-0.3, -0.25) is 4.79 Å². The maximum absolute atomic E-state index is 13.4. The standard InChI is InChI=1S/C13H9ClF2N2O/c14-12-8(2-1-3-10(12)17)13(19)18-11-5-4-7(15)6-9(11)16/h1-6H,17H2,(H,18,19). The molecule has 0 aliphatic rings. The van der Waals surface area contributed by atoms with E-state index in [0.717, 1.165) is 12.1 Å². The van der Waals surface area contributed by atoms with Gasteiger partial charge in [-0.1, -0.05) is 17.7 Å². The van der Waals surface area contributed by atoms with E-state index in [1.54, 1.807) is 6.07 Å². The smallest absolute Gasteiger partial charge is 0.257 e. The van der Waals surface area contributed by atoms with Crippen LogP contribution in [0.15, 0.2) is 36.4 Å². The predicted octanol–water partition coefficient (Wildman–Crippen LogP) is 3.45. The molecule has 0 heterocycles. The van der Waals surface area contributed by atoms with Gasteiger partial charge < -0.3 is 11.1 Å². The first-order valence-corrected chi connectivity index (χ1v) is 5.67. The molecule has 3 N–H and O–H groups in total. The van der Waals surface area contributed by atoms with Crippen LogP contribution in [0.3, 0.4) is 0 Å². The number of hydrogen-bond donors (Lipinski definition) is 2. The molecule has 2 aromatic rings. The van der Waals surface area contributed by atoms with E-state index in [1.165, 1.54) is 12.1 Å². The number of nitrogen functional groups attached to an aromatic ring is 1. The first kappa shape index (κ1) is 13.3. The Bertz CT molecular complexity index is 647. The van der Waals surface area contributed by atoms with Crippen molar-refractivity contribution in [1.82, 2.24) is 0 Å². The summed E-state index contributed by atoms with van der Waals surface area (Å²) < 4.78 is 26.1. The van der Waals surface area contributed by atoms with E-state index in [-0.39, 0.29) is 22.0 Å². The Hall–Kier alpha value is -2.14. The van der Waals surface area contributed by atoms with Crippen molar-refractivity contribution in [3.8, 4) is 0 Å². The maximum atomic E-state index is 13.4. The third kappa shape index (κ3) is 2.82. The second kappa shape index (κ2) is 5.24. The molecule has 98 valence electrons. The number of carbonyl (C=O) groups excluding carboxylic acids is 1. The lowest BCUT2D eigenvalue weighted by atomic mass is 10.2. The molecule has 0 saturated carbocycles. The molecule has 0 spiro atoms. The van der Waals surface area contributed by atoms with E-state index in [2.05, 4.69) is 5.32 Å². The van der Waals surface area contributed by atoms with Gasteiger partial charge in [0.2, 0.25) is 0 Å². The van der Waals surface area contributed by atoms with Crippen molar-refractivity contribution in [3.63, 3.8) is 0 Å². The second-order valence-corrected chi connectivity index (χ2v) is 4.17. The van der Waals surface area contributed by atoms with Crippen LogP contribution >= 0.6 is 11.6 Å². The van der Waals surface area contributed by atoms with Crippen LogP contribution in [0.2, 0.25) is 5.02 Å². The van der Waals surface area contributed by atoms with Crippen LogP contribution in [0.25, 0.3) is 0 Å². The lowest BCUT2D eigenvalue weighted by Gasteiger charge is -2.08. The highest BCUT2D eigenvalue weighted by Crippen LogP contribution is 2.24. The number of amides is 1. The summed E-state index contributed by atoms with van der Waals surface area (Å²) in [5.41, 5.74) is 5.79. The fourth-order valence-electron chi connectivity index (χ4n) is 1.51. The van der Waals surface area contributed by atoms with E-state index in [0.29, 0.717) is 6.07 Å². The molecular weight excluding hydrogens is 274 g/mol. The highest BCUT2D eigenvalue weighted by Gasteiger charge is 2.14. The van der Waals surface area contributed by atoms with Crippen LogP contribution in [0.5, 0.6) is 0 Å². The van der Waals surface area contributed by atoms with Gasteiger partial charge in [0, 0.05) is 6.07 Å². The van der Waals surface area contributed by atoms with Crippen LogP contribution in [0.1, 0.15) is 10.4 Å². The molecule has 0 aromatic heterocycles. The van der Waals surface area contributed by atoms with Crippen molar-refractivity contribution >= 4 is 28.9 Å². The summed E-state index contributed by atoms with van der Waals surface area (Å²) in [4.78, 5) is 11.9. The van der Waals surface area contributed by atoms with Crippen molar-refractivity contribution in [3.05, 3.63) is 58.6 Å². The van der Waals surface area contributed by atoms with E-state index in [1.807, 2.05) is 0 Å². The van der Waals surface area contributed by atoms with Crippen LogP contribution in [-0.4, -0.2) is 5.91 Å². The van der Waals surface area contributed by atoms with Gasteiger partial charge in [-0.2, -0.15) is 0 Å². The van der Waals surface area contributed by atoms with E-state index >= 15 is 0 Å². The zero-order chi connectivity index (χ0) is 14.0. The molecular formula is C13H9ClF2N2O. The minimum absolute atomic E-state index is 0.0857. The Morgan fingerprint density at radius 3 is 2.63 bits per heavy atom. The molecule has 0 fully saturated rings. The van der Waals surface area contributed by atoms with Crippen LogP contribution in [-0.2, 0) is 0 Å². The molecule has 1 amide bonds. The van der Waals surface area contributed by atoms with Gasteiger partial charge in [-0.15, -0.1) is 0 Å². The minimum atomic E-state index is -0.867. The number of benzene rings is 2. The van der Waals surface area contributed by atoms with Gasteiger partial charge in [-0.25, -0.2) is 8.78 Å². The highest BCUT2D eigenvalue weighted by molar-refractivity contribution is 6.36. The summed E-state index contributed by atoms with van der Waals surface area (Å²) in [7, 11) is 0. The zero-order valence-corrected chi connectivity index (χ0v) is 10.3. The first-order valence-electron chi connectivity index (χ1n) is 5.29.